The van der Waals surface area contributed by atoms with Crippen LogP contribution in [0.15, 0.2) is 24.3 Å². The second-order valence-electron chi connectivity index (χ2n) is 4.39. The summed E-state index contributed by atoms with van der Waals surface area (Å²) in [5.74, 6) is 0.0732. The number of hydrogen-bond acceptors (Lipinski definition) is 2. The maximum atomic E-state index is 11.4. The molecule has 110 valence electrons. The lowest BCUT2D eigenvalue weighted by Gasteiger charge is -2.22. The zero-order chi connectivity index (χ0) is 15.0. The first-order valence-corrected chi connectivity index (χ1v) is 7.75. The summed E-state index contributed by atoms with van der Waals surface area (Å²) in [5, 5.41) is 3.49. The highest BCUT2D eigenvalue weighted by Gasteiger charge is 2.08. The Morgan fingerprint density at radius 3 is 2.60 bits per heavy atom. The van der Waals surface area contributed by atoms with Gasteiger partial charge in [0.15, 0.2) is 0 Å². The van der Waals surface area contributed by atoms with Crippen LogP contribution in [0.5, 0.6) is 0 Å². The fourth-order valence-corrected chi connectivity index (χ4v) is 2.22. The molecule has 0 saturated carbocycles. The Morgan fingerprint density at radius 1 is 1.40 bits per heavy atom. The molecule has 0 aromatic heterocycles. The molecule has 0 fully saturated rings. The van der Waals surface area contributed by atoms with E-state index in [1.807, 2.05) is 36.1 Å². The van der Waals surface area contributed by atoms with Gasteiger partial charge in [-0.3, -0.25) is 4.79 Å². The Morgan fingerprint density at radius 2 is 2.05 bits per heavy atom. The molecule has 0 aliphatic heterocycles. The lowest BCUT2D eigenvalue weighted by atomic mass is 10.2. The first-order chi connectivity index (χ1) is 9.52. The number of thiocarbonyl (C=S) groups is 1. The van der Waals surface area contributed by atoms with E-state index in [4.69, 9.17) is 23.8 Å². The molecule has 0 unspecified atom stereocenters. The highest BCUT2D eigenvalue weighted by Crippen LogP contribution is 2.13. The van der Waals surface area contributed by atoms with Crippen molar-refractivity contribution in [3.63, 3.8) is 0 Å². The van der Waals surface area contributed by atoms with Crippen LogP contribution in [-0.2, 0) is 11.3 Å². The SMILES string of the molecule is CCNC(=O)CCCN(Cc1ccc(Cl)cc1)C(=S)S. The molecule has 1 rings (SSSR count). The van der Waals surface area contributed by atoms with Crippen LogP contribution in [0, 0.1) is 0 Å². The summed E-state index contributed by atoms with van der Waals surface area (Å²) < 4.78 is 0.538. The van der Waals surface area contributed by atoms with Gasteiger partial charge in [-0.2, -0.15) is 0 Å². The van der Waals surface area contributed by atoms with Crippen LogP contribution in [-0.4, -0.2) is 28.2 Å². The van der Waals surface area contributed by atoms with Gasteiger partial charge < -0.3 is 10.2 Å². The molecule has 0 atom stereocenters. The molecule has 6 heteroatoms. The first-order valence-electron chi connectivity index (χ1n) is 6.52. The highest BCUT2D eigenvalue weighted by atomic mass is 35.5. The van der Waals surface area contributed by atoms with E-state index in [0.29, 0.717) is 35.4 Å². The van der Waals surface area contributed by atoms with Crippen molar-refractivity contribution in [2.45, 2.75) is 26.3 Å². The fourth-order valence-electron chi connectivity index (χ4n) is 1.77. The predicted molar refractivity (Wildman–Crippen MR) is 91.4 cm³/mol. The van der Waals surface area contributed by atoms with Gasteiger partial charge in [0, 0.05) is 31.1 Å². The molecule has 0 heterocycles. The number of nitrogens with zero attached hydrogens (tertiary/aromatic N) is 1. The molecular formula is C14H19ClN2OS2. The predicted octanol–water partition coefficient (Wildman–Crippen LogP) is 3.27. The van der Waals surface area contributed by atoms with Crippen LogP contribution in [0.3, 0.4) is 0 Å². The first kappa shape index (κ1) is 17.3. The number of rotatable bonds is 7. The Hall–Kier alpha value is -0.780. The van der Waals surface area contributed by atoms with Crippen molar-refractivity contribution < 1.29 is 4.79 Å². The third-order valence-corrected chi connectivity index (χ3v) is 3.56. The van der Waals surface area contributed by atoms with Gasteiger partial charge in [0.25, 0.3) is 0 Å². The Kier molecular flexibility index (Phi) is 7.95. The number of benzene rings is 1. The minimum atomic E-state index is 0.0732. The van der Waals surface area contributed by atoms with Gasteiger partial charge >= 0.3 is 0 Å². The molecule has 0 bridgehead atoms. The van der Waals surface area contributed by atoms with Crippen LogP contribution in [0.1, 0.15) is 25.3 Å². The average Bonchev–Trinajstić information content (AvgIpc) is 2.40. The van der Waals surface area contributed by atoms with Gasteiger partial charge in [0.2, 0.25) is 5.91 Å². The third kappa shape index (κ3) is 6.59. The molecule has 0 spiro atoms. The molecular weight excluding hydrogens is 312 g/mol. The summed E-state index contributed by atoms with van der Waals surface area (Å²) in [6.45, 7) is 3.96. The van der Waals surface area contributed by atoms with Crippen LogP contribution >= 0.6 is 36.4 Å². The van der Waals surface area contributed by atoms with E-state index in [1.54, 1.807) is 0 Å². The van der Waals surface area contributed by atoms with E-state index < -0.39 is 0 Å². The van der Waals surface area contributed by atoms with Crippen molar-refractivity contribution in [3.8, 4) is 0 Å². The minimum absolute atomic E-state index is 0.0732. The highest BCUT2D eigenvalue weighted by molar-refractivity contribution is 8.10. The van der Waals surface area contributed by atoms with Crippen LogP contribution < -0.4 is 5.32 Å². The smallest absolute Gasteiger partial charge is 0.220 e. The van der Waals surface area contributed by atoms with Crippen LogP contribution in [0.2, 0.25) is 5.02 Å². The summed E-state index contributed by atoms with van der Waals surface area (Å²) in [4.78, 5) is 13.4. The van der Waals surface area contributed by atoms with E-state index in [1.165, 1.54) is 0 Å². The number of carbonyl (C=O) groups excluding carboxylic acids is 1. The van der Waals surface area contributed by atoms with E-state index in [0.717, 1.165) is 12.0 Å². The number of carbonyl (C=O) groups is 1. The maximum absolute atomic E-state index is 11.4. The van der Waals surface area contributed by atoms with Crippen molar-refractivity contribution in [1.29, 1.82) is 0 Å². The van der Waals surface area contributed by atoms with E-state index in [9.17, 15) is 4.79 Å². The molecule has 1 aromatic rings. The standard InChI is InChI=1S/C14H19ClN2OS2/c1-2-16-13(18)4-3-9-17(14(19)20)10-11-5-7-12(15)8-6-11/h5-8H,2-4,9-10H2,1H3,(H,16,18)(H,19,20). The average molecular weight is 331 g/mol. The Balaban J connectivity index is 2.46. The van der Waals surface area contributed by atoms with Gasteiger partial charge in [0.1, 0.15) is 4.32 Å². The quantitative estimate of drug-likeness (QED) is 0.594. The van der Waals surface area contributed by atoms with E-state index >= 15 is 0 Å². The second kappa shape index (κ2) is 9.21. The molecule has 3 nitrogen and oxygen atoms in total. The van der Waals surface area contributed by atoms with Crippen molar-refractivity contribution in [3.05, 3.63) is 34.9 Å². The molecule has 0 radical (unpaired) electrons. The fraction of sp³-hybridized carbons (Fsp3) is 0.429. The number of thiol groups is 1. The van der Waals surface area contributed by atoms with Crippen molar-refractivity contribution in [1.82, 2.24) is 10.2 Å². The van der Waals surface area contributed by atoms with Gasteiger partial charge in [0.05, 0.1) is 0 Å². The molecule has 0 aliphatic carbocycles. The summed E-state index contributed by atoms with van der Waals surface area (Å²) >= 11 is 15.2. The third-order valence-electron chi connectivity index (χ3n) is 2.76. The lowest BCUT2D eigenvalue weighted by Crippen LogP contribution is -2.29. The largest absolute Gasteiger partial charge is 0.356 e. The second-order valence-corrected chi connectivity index (χ2v) is 5.94. The molecule has 1 amide bonds. The summed E-state index contributed by atoms with van der Waals surface area (Å²) in [7, 11) is 0. The zero-order valence-electron chi connectivity index (χ0n) is 11.4. The monoisotopic (exact) mass is 330 g/mol. The topological polar surface area (TPSA) is 32.3 Å². The summed E-state index contributed by atoms with van der Waals surface area (Å²) in [5.41, 5.74) is 1.11. The number of hydrogen-bond donors (Lipinski definition) is 2. The van der Waals surface area contributed by atoms with Gasteiger partial charge in [-0.25, -0.2) is 0 Å². The number of nitrogens with one attached hydrogen (secondary N) is 1. The molecule has 1 aromatic carbocycles. The van der Waals surface area contributed by atoms with Crippen LogP contribution in [0.4, 0.5) is 0 Å². The van der Waals surface area contributed by atoms with E-state index in [2.05, 4.69) is 17.9 Å². The van der Waals surface area contributed by atoms with Gasteiger partial charge in [-0.15, -0.1) is 12.6 Å². The van der Waals surface area contributed by atoms with E-state index in [-0.39, 0.29) is 5.91 Å². The van der Waals surface area contributed by atoms with Crippen molar-refractivity contribution in [2.24, 2.45) is 0 Å². The zero-order valence-corrected chi connectivity index (χ0v) is 13.9. The Labute approximate surface area is 136 Å². The molecule has 0 aliphatic rings. The number of halogens is 1. The molecule has 0 saturated heterocycles. The molecule has 20 heavy (non-hydrogen) atoms. The van der Waals surface area contributed by atoms with Crippen molar-refractivity contribution in [2.75, 3.05) is 13.1 Å². The minimum Gasteiger partial charge on any atom is -0.356 e. The number of amides is 1. The maximum Gasteiger partial charge on any atom is 0.220 e. The van der Waals surface area contributed by atoms with Gasteiger partial charge in [-0.1, -0.05) is 36.0 Å². The normalized spacial score (nSPS) is 10.2. The van der Waals surface area contributed by atoms with Crippen LogP contribution in [0.25, 0.3) is 0 Å². The van der Waals surface area contributed by atoms with Gasteiger partial charge in [-0.05, 0) is 31.0 Å². The summed E-state index contributed by atoms with van der Waals surface area (Å²) in [6.07, 6.45) is 1.25. The Bertz CT molecular complexity index is 451. The molecule has 1 N–H and O–H groups in total. The van der Waals surface area contributed by atoms with Crippen molar-refractivity contribution >= 4 is 46.7 Å². The summed E-state index contributed by atoms with van der Waals surface area (Å²) in [6, 6.07) is 7.63. The lowest BCUT2D eigenvalue weighted by molar-refractivity contribution is -0.121.